The van der Waals surface area contributed by atoms with E-state index in [-0.39, 0.29) is 11.3 Å². The monoisotopic (exact) mass is 245 g/mol. The zero-order valence-electron chi connectivity index (χ0n) is 9.00. The fourth-order valence-corrected chi connectivity index (χ4v) is 1.83. The molecule has 0 aliphatic rings. The Kier molecular flexibility index (Phi) is 5.12. The second kappa shape index (κ2) is 6.13. The summed E-state index contributed by atoms with van der Waals surface area (Å²) in [5.41, 5.74) is 1.06. The summed E-state index contributed by atoms with van der Waals surface area (Å²) in [6.07, 6.45) is 0.450. The number of carbonyl (C=O) groups excluding carboxylic acids is 1. The molecule has 1 N–H and O–H groups in total. The van der Waals surface area contributed by atoms with Gasteiger partial charge in [0.25, 0.3) is 0 Å². The van der Waals surface area contributed by atoms with Gasteiger partial charge in [0.15, 0.2) is 0 Å². The summed E-state index contributed by atoms with van der Waals surface area (Å²) in [7, 11) is 0. The van der Waals surface area contributed by atoms with Crippen LogP contribution in [0.3, 0.4) is 0 Å². The van der Waals surface area contributed by atoms with Gasteiger partial charge in [-0.1, -0.05) is 13.8 Å². The molecule has 15 heavy (non-hydrogen) atoms. The maximum absolute atomic E-state index is 11.5. The van der Waals surface area contributed by atoms with Crippen molar-refractivity contribution < 1.29 is 4.79 Å². The molecule has 4 heteroatoms. The second-order valence-corrected chi connectivity index (χ2v) is 5.21. The van der Waals surface area contributed by atoms with Gasteiger partial charge in [0.05, 0.1) is 11.8 Å². The molecule has 1 aromatic heterocycles. The average Bonchev–Trinajstić information content (AvgIpc) is 2.66. The summed E-state index contributed by atoms with van der Waals surface area (Å²) in [4.78, 5) is 11.5. The number of halogens is 1. The van der Waals surface area contributed by atoms with E-state index in [0.29, 0.717) is 18.9 Å². The first-order valence-corrected chi connectivity index (χ1v) is 6.39. The molecule has 1 aromatic rings. The predicted octanol–water partition coefficient (Wildman–Crippen LogP) is 2.67. The van der Waals surface area contributed by atoms with Crippen molar-refractivity contribution in [2.45, 2.75) is 25.6 Å². The Labute approximate surface area is 99.6 Å². The van der Waals surface area contributed by atoms with Crippen LogP contribution in [0.2, 0.25) is 0 Å². The third-order valence-electron chi connectivity index (χ3n) is 2.16. The highest BCUT2D eigenvalue weighted by Gasteiger charge is 2.11. The molecule has 1 atom stereocenters. The molecular formula is C11H16ClNOS. The number of amides is 1. The molecule has 2 nitrogen and oxygen atoms in total. The molecule has 0 aliphatic heterocycles. The standard InChI is InChI=1S/C11H16ClNOS/c1-8(2)10(12)6-13-11(14)5-9-3-4-15-7-9/h3-4,7-8,10H,5-6H2,1-2H3,(H,13,14). The van der Waals surface area contributed by atoms with E-state index in [1.54, 1.807) is 11.3 Å². The molecule has 0 spiro atoms. The van der Waals surface area contributed by atoms with Crippen molar-refractivity contribution in [3.05, 3.63) is 22.4 Å². The first-order valence-electron chi connectivity index (χ1n) is 5.01. The van der Waals surface area contributed by atoms with Gasteiger partial charge in [-0.25, -0.2) is 0 Å². The Balaban J connectivity index is 2.25. The normalized spacial score (nSPS) is 12.8. The maximum Gasteiger partial charge on any atom is 0.224 e. The van der Waals surface area contributed by atoms with Crippen LogP contribution in [0.25, 0.3) is 0 Å². The first kappa shape index (κ1) is 12.5. The number of alkyl halides is 1. The Bertz CT molecular complexity index is 298. The lowest BCUT2D eigenvalue weighted by molar-refractivity contribution is -0.120. The lowest BCUT2D eigenvalue weighted by atomic mass is 10.1. The maximum atomic E-state index is 11.5. The summed E-state index contributed by atoms with van der Waals surface area (Å²) < 4.78 is 0. The number of hydrogen-bond acceptors (Lipinski definition) is 2. The van der Waals surface area contributed by atoms with Gasteiger partial charge in [-0.15, -0.1) is 11.6 Å². The number of carbonyl (C=O) groups is 1. The SMILES string of the molecule is CC(C)C(Cl)CNC(=O)Cc1ccsc1. The quantitative estimate of drug-likeness (QED) is 0.794. The van der Waals surface area contributed by atoms with Crippen LogP contribution in [0, 0.1) is 5.92 Å². The van der Waals surface area contributed by atoms with Gasteiger partial charge in [-0.05, 0) is 28.3 Å². The average molecular weight is 246 g/mol. The number of nitrogens with one attached hydrogen (secondary N) is 1. The zero-order chi connectivity index (χ0) is 11.3. The fourth-order valence-electron chi connectivity index (χ4n) is 1.09. The Morgan fingerprint density at radius 1 is 1.60 bits per heavy atom. The van der Waals surface area contributed by atoms with Crippen LogP contribution in [0.4, 0.5) is 0 Å². The smallest absolute Gasteiger partial charge is 0.224 e. The van der Waals surface area contributed by atoms with Crippen molar-refractivity contribution in [2.75, 3.05) is 6.54 Å². The van der Waals surface area contributed by atoms with Gasteiger partial charge >= 0.3 is 0 Å². The minimum Gasteiger partial charge on any atom is -0.354 e. The van der Waals surface area contributed by atoms with Crippen LogP contribution in [0.1, 0.15) is 19.4 Å². The lowest BCUT2D eigenvalue weighted by Gasteiger charge is -2.13. The summed E-state index contributed by atoms with van der Waals surface area (Å²) in [5.74, 6) is 0.424. The van der Waals surface area contributed by atoms with Crippen LogP contribution in [0.15, 0.2) is 16.8 Å². The van der Waals surface area contributed by atoms with Crippen molar-refractivity contribution in [3.63, 3.8) is 0 Å². The molecule has 0 bridgehead atoms. The van der Waals surface area contributed by atoms with E-state index in [1.165, 1.54) is 0 Å². The van der Waals surface area contributed by atoms with Crippen LogP contribution >= 0.6 is 22.9 Å². The molecule has 0 radical (unpaired) electrons. The molecule has 1 rings (SSSR count). The van der Waals surface area contributed by atoms with Crippen molar-refractivity contribution in [2.24, 2.45) is 5.92 Å². The highest BCUT2D eigenvalue weighted by molar-refractivity contribution is 7.07. The molecular weight excluding hydrogens is 230 g/mol. The minimum absolute atomic E-state index is 0.0106. The van der Waals surface area contributed by atoms with Gasteiger partial charge < -0.3 is 5.32 Å². The van der Waals surface area contributed by atoms with Crippen molar-refractivity contribution in [3.8, 4) is 0 Å². The largest absolute Gasteiger partial charge is 0.354 e. The molecule has 84 valence electrons. The summed E-state index contributed by atoms with van der Waals surface area (Å²) in [5, 5.41) is 6.81. The molecule has 1 heterocycles. The van der Waals surface area contributed by atoms with Crippen molar-refractivity contribution in [1.82, 2.24) is 5.32 Å². The van der Waals surface area contributed by atoms with E-state index >= 15 is 0 Å². The topological polar surface area (TPSA) is 29.1 Å². The lowest BCUT2D eigenvalue weighted by Crippen LogP contribution is -2.32. The molecule has 0 aliphatic carbocycles. The third-order valence-corrected chi connectivity index (χ3v) is 3.55. The summed E-state index contributed by atoms with van der Waals surface area (Å²) >= 11 is 7.63. The van der Waals surface area contributed by atoms with Gasteiger partial charge in [-0.2, -0.15) is 11.3 Å². The van der Waals surface area contributed by atoms with Crippen molar-refractivity contribution >= 4 is 28.8 Å². The molecule has 0 saturated heterocycles. The van der Waals surface area contributed by atoms with E-state index in [4.69, 9.17) is 11.6 Å². The number of thiophene rings is 1. The molecule has 0 saturated carbocycles. The van der Waals surface area contributed by atoms with Gasteiger partial charge in [-0.3, -0.25) is 4.79 Å². The molecule has 1 amide bonds. The second-order valence-electron chi connectivity index (χ2n) is 3.87. The summed E-state index contributed by atoms with van der Waals surface area (Å²) in [6, 6.07) is 1.96. The number of rotatable bonds is 5. The van der Waals surface area contributed by atoms with Gasteiger partial charge in [0.1, 0.15) is 0 Å². The molecule has 1 unspecified atom stereocenters. The Hall–Kier alpha value is -0.540. The van der Waals surface area contributed by atoms with Crippen LogP contribution in [0.5, 0.6) is 0 Å². The summed E-state index contributed by atoms with van der Waals surface area (Å²) in [6.45, 7) is 4.63. The van der Waals surface area contributed by atoms with Crippen molar-refractivity contribution in [1.29, 1.82) is 0 Å². The zero-order valence-corrected chi connectivity index (χ0v) is 10.6. The van der Waals surface area contributed by atoms with E-state index in [9.17, 15) is 4.79 Å². The van der Waals surface area contributed by atoms with Crippen LogP contribution < -0.4 is 5.32 Å². The number of hydrogen-bond donors (Lipinski definition) is 1. The molecule has 0 aromatic carbocycles. The highest BCUT2D eigenvalue weighted by Crippen LogP contribution is 2.09. The predicted molar refractivity (Wildman–Crippen MR) is 65.5 cm³/mol. The molecule has 0 fully saturated rings. The Morgan fingerprint density at radius 3 is 2.87 bits per heavy atom. The fraction of sp³-hybridized carbons (Fsp3) is 0.545. The van der Waals surface area contributed by atoms with E-state index < -0.39 is 0 Å². The van der Waals surface area contributed by atoms with Crippen LogP contribution in [-0.4, -0.2) is 17.8 Å². The van der Waals surface area contributed by atoms with E-state index in [2.05, 4.69) is 5.32 Å². The van der Waals surface area contributed by atoms with E-state index in [1.807, 2.05) is 30.7 Å². The first-order chi connectivity index (χ1) is 7.09. The van der Waals surface area contributed by atoms with E-state index in [0.717, 1.165) is 5.56 Å². The van der Waals surface area contributed by atoms with Crippen LogP contribution in [-0.2, 0) is 11.2 Å². The Morgan fingerprint density at radius 2 is 2.33 bits per heavy atom. The van der Waals surface area contributed by atoms with Gasteiger partial charge in [0.2, 0.25) is 5.91 Å². The highest BCUT2D eigenvalue weighted by atomic mass is 35.5. The minimum atomic E-state index is 0.0106. The third kappa shape index (κ3) is 4.67. The van der Waals surface area contributed by atoms with Gasteiger partial charge in [0, 0.05) is 6.54 Å².